The van der Waals surface area contributed by atoms with Gasteiger partial charge >= 0.3 is 0 Å². The molecule has 0 heterocycles. The standard InChI is InChI=1S/C23H34O/c1-21(2,3)23(5)13-11-20-19-8-6-15-14-16(24)7-9-17(15)18(19)10-12-22(20,23)4/h7,9,14,18-20,24H,6,8,10-13H2,1-5H3/t18-,19-,20+,22+,23-/m1/s1. The summed E-state index contributed by atoms with van der Waals surface area (Å²) < 4.78 is 0. The van der Waals surface area contributed by atoms with Crippen molar-refractivity contribution >= 4 is 0 Å². The highest BCUT2D eigenvalue weighted by molar-refractivity contribution is 5.40. The number of hydrogen-bond acceptors (Lipinski definition) is 1. The minimum Gasteiger partial charge on any atom is -0.508 e. The number of fused-ring (bicyclic) bond motifs is 5. The van der Waals surface area contributed by atoms with E-state index in [0.29, 0.717) is 22.0 Å². The van der Waals surface area contributed by atoms with Crippen LogP contribution in [0.3, 0.4) is 0 Å². The molecule has 0 amide bonds. The average molecular weight is 327 g/mol. The average Bonchev–Trinajstić information content (AvgIpc) is 2.79. The largest absolute Gasteiger partial charge is 0.508 e. The SMILES string of the molecule is CC(C)(C)[C@@]1(C)CC[C@H]2[C@@H]3CCc4cc(O)ccc4[C@H]3CC[C@@]21C. The Labute approximate surface area is 147 Å². The highest BCUT2D eigenvalue weighted by Crippen LogP contribution is 2.71. The molecule has 1 aromatic rings. The van der Waals surface area contributed by atoms with Gasteiger partial charge in [0.2, 0.25) is 0 Å². The third-order valence-electron chi connectivity index (χ3n) is 8.97. The number of aromatic hydroxyl groups is 1. The van der Waals surface area contributed by atoms with Gasteiger partial charge in [-0.25, -0.2) is 0 Å². The number of rotatable bonds is 0. The van der Waals surface area contributed by atoms with Gasteiger partial charge in [0.25, 0.3) is 0 Å². The minimum atomic E-state index is 0.377. The molecule has 0 unspecified atom stereocenters. The summed E-state index contributed by atoms with van der Waals surface area (Å²) in [4.78, 5) is 0. The van der Waals surface area contributed by atoms with Crippen LogP contribution in [0.2, 0.25) is 0 Å². The van der Waals surface area contributed by atoms with Crippen molar-refractivity contribution in [3.05, 3.63) is 29.3 Å². The lowest BCUT2D eigenvalue weighted by molar-refractivity contribution is -0.0759. The van der Waals surface area contributed by atoms with E-state index in [4.69, 9.17) is 0 Å². The van der Waals surface area contributed by atoms with Crippen molar-refractivity contribution in [1.29, 1.82) is 0 Å². The highest BCUT2D eigenvalue weighted by Gasteiger charge is 2.62. The molecule has 1 nitrogen and oxygen atoms in total. The van der Waals surface area contributed by atoms with Crippen LogP contribution in [0.15, 0.2) is 18.2 Å². The van der Waals surface area contributed by atoms with Gasteiger partial charge in [-0.15, -0.1) is 0 Å². The Morgan fingerprint density at radius 2 is 1.79 bits per heavy atom. The maximum Gasteiger partial charge on any atom is 0.115 e. The Hall–Kier alpha value is -0.980. The molecule has 2 saturated carbocycles. The molecule has 0 aliphatic heterocycles. The van der Waals surface area contributed by atoms with Crippen molar-refractivity contribution in [3.8, 4) is 5.75 Å². The summed E-state index contributed by atoms with van der Waals surface area (Å²) >= 11 is 0. The fraction of sp³-hybridized carbons (Fsp3) is 0.739. The Bertz CT molecular complexity index is 654. The number of phenolic OH excluding ortho intramolecular Hbond substituents is 1. The van der Waals surface area contributed by atoms with Gasteiger partial charge in [0.15, 0.2) is 0 Å². The fourth-order valence-corrected chi connectivity index (χ4v) is 7.07. The maximum atomic E-state index is 9.83. The van der Waals surface area contributed by atoms with Crippen LogP contribution in [-0.2, 0) is 6.42 Å². The molecule has 5 atom stereocenters. The lowest BCUT2D eigenvalue weighted by Gasteiger charge is -2.58. The van der Waals surface area contributed by atoms with Crippen molar-refractivity contribution < 1.29 is 5.11 Å². The summed E-state index contributed by atoms with van der Waals surface area (Å²) in [7, 11) is 0. The highest BCUT2D eigenvalue weighted by atomic mass is 16.3. The number of aryl methyl sites for hydroxylation is 1. The molecule has 1 N–H and O–H groups in total. The normalized spacial score (nSPS) is 41.5. The van der Waals surface area contributed by atoms with Gasteiger partial charge in [-0.2, -0.15) is 0 Å². The van der Waals surface area contributed by atoms with E-state index in [1.807, 2.05) is 12.1 Å². The van der Waals surface area contributed by atoms with Crippen LogP contribution in [0.25, 0.3) is 0 Å². The molecule has 0 bridgehead atoms. The Kier molecular flexibility index (Phi) is 3.45. The van der Waals surface area contributed by atoms with E-state index in [1.54, 1.807) is 5.56 Å². The summed E-state index contributed by atoms with van der Waals surface area (Å²) in [5.74, 6) is 2.90. The van der Waals surface area contributed by atoms with E-state index in [1.165, 1.54) is 37.7 Å². The smallest absolute Gasteiger partial charge is 0.115 e. The molecule has 3 aliphatic rings. The van der Waals surface area contributed by atoms with Crippen LogP contribution >= 0.6 is 0 Å². The monoisotopic (exact) mass is 326 g/mol. The zero-order valence-corrected chi connectivity index (χ0v) is 16.2. The molecule has 1 heteroatoms. The first-order chi connectivity index (χ1) is 11.2. The summed E-state index contributed by atoms with van der Waals surface area (Å²) in [5, 5.41) is 9.83. The maximum absolute atomic E-state index is 9.83. The first kappa shape index (κ1) is 16.5. The number of benzene rings is 1. The zero-order valence-electron chi connectivity index (χ0n) is 16.2. The molecule has 0 spiro atoms. The minimum absolute atomic E-state index is 0.377. The van der Waals surface area contributed by atoms with Crippen LogP contribution in [0.1, 0.15) is 83.8 Å². The van der Waals surface area contributed by atoms with Gasteiger partial charge in [0, 0.05) is 0 Å². The van der Waals surface area contributed by atoms with Crippen LogP contribution in [-0.4, -0.2) is 5.11 Å². The van der Waals surface area contributed by atoms with Crippen molar-refractivity contribution in [2.75, 3.05) is 0 Å². The van der Waals surface area contributed by atoms with Gasteiger partial charge < -0.3 is 5.11 Å². The topological polar surface area (TPSA) is 20.2 Å². The van der Waals surface area contributed by atoms with E-state index < -0.39 is 0 Å². The van der Waals surface area contributed by atoms with E-state index in [9.17, 15) is 5.11 Å². The van der Waals surface area contributed by atoms with E-state index in [2.05, 4.69) is 40.7 Å². The first-order valence-electron chi connectivity index (χ1n) is 9.99. The van der Waals surface area contributed by atoms with Crippen molar-refractivity contribution in [2.45, 2.75) is 79.1 Å². The van der Waals surface area contributed by atoms with Crippen LogP contribution in [0.4, 0.5) is 0 Å². The van der Waals surface area contributed by atoms with E-state index in [0.717, 1.165) is 24.2 Å². The third kappa shape index (κ3) is 1.99. The number of hydrogen-bond donors (Lipinski definition) is 1. The summed E-state index contributed by atoms with van der Waals surface area (Å²) in [6.07, 6.45) is 7.99. The quantitative estimate of drug-likeness (QED) is 0.593. The third-order valence-corrected chi connectivity index (χ3v) is 8.97. The van der Waals surface area contributed by atoms with E-state index >= 15 is 0 Å². The van der Waals surface area contributed by atoms with Gasteiger partial charge in [0.05, 0.1) is 0 Å². The van der Waals surface area contributed by atoms with Gasteiger partial charge in [0.1, 0.15) is 5.75 Å². The summed E-state index contributed by atoms with van der Waals surface area (Å²) in [5.41, 5.74) is 4.28. The molecule has 4 rings (SSSR count). The van der Waals surface area contributed by atoms with Crippen LogP contribution in [0, 0.1) is 28.1 Å². The van der Waals surface area contributed by atoms with Crippen molar-refractivity contribution in [1.82, 2.24) is 0 Å². The van der Waals surface area contributed by atoms with Crippen molar-refractivity contribution in [2.24, 2.45) is 28.1 Å². The van der Waals surface area contributed by atoms with Crippen LogP contribution < -0.4 is 0 Å². The summed E-state index contributed by atoms with van der Waals surface area (Å²) in [6, 6.07) is 6.15. The molecule has 1 aromatic carbocycles. The molecule has 2 fully saturated rings. The molecule has 0 radical (unpaired) electrons. The number of phenols is 1. The Morgan fingerprint density at radius 1 is 1.04 bits per heavy atom. The molecular weight excluding hydrogens is 292 g/mol. The lowest BCUT2D eigenvalue weighted by Crippen LogP contribution is -2.50. The van der Waals surface area contributed by atoms with Gasteiger partial charge in [-0.1, -0.05) is 40.7 Å². The predicted octanol–water partition coefficient (Wildman–Crippen LogP) is 6.30. The second-order valence-corrected chi connectivity index (χ2v) is 10.4. The molecule has 0 aromatic heterocycles. The lowest BCUT2D eigenvalue weighted by atomic mass is 9.46. The van der Waals surface area contributed by atoms with Crippen LogP contribution in [0.5, 0.6) is 5.75 Å². The summed E-state index contributed by atoms with van der Waals surface area (Å²) in [6.45, 7) is 12.6. The first-order valence-corrected chi connectivity index (χ1v) is 9.99. The molecule has 0 saturated heterocycles. The predicted molar refractivity (Wildman–Crippen MR) is 100 cm³/mol. The fourth-order valence-electron chi connectivity index (χ4n) is 7.07. The Morgan fingerprint density at radius 3 is 2.50 bits per heavy atom. The molecular formula is C23H34O. The molecule has 24 heavy (non-hydrogen) atoms. The zero-order chi connectivity index (χ0) is 17.3. The van der Waals surface area contributed by atoms with Gasteiger partial charge in [-0.3, -0.25) is 0 Å². The molecule has 3 aliphatic carbocycles. The van der Waals surface area contributed by atoms with E-state index in [-0.39, 0.29) is 0 Å². The Balaban J connectivity index is 1.71. The van der Waals surface area contributed by atoms with Gasteiger partial charge in [-0.05, 0) is 95.8 Å². The van der Waals surface area contributed by atoms with Crippen molar-refractivity contribution in [3.63, 3.8) is 0 Å². The second-order valence-electron chi connectivity index (χ2n) is 10.4. The molecule has 132 valence electrons. The second kappa shape index (κ2) is 5.02.